The zero-order valence-corrected chi connectivity index (χ0v) is 17.0. The summed E-state index contributed by atoms with van der Waals surface area (Å²) < 4.78 is 1.59. The van der Waals surface area contributed by atoms with Crippen LogP contribution in [0, 0.1) is 0 Å². The summed E-state index contributed by atoms with van der Waals surface area (Å²) in [6.07, 6.45) is 3.69. The Morgan fingerprint density at radius 1 is 0.882 bits per heavy atom. The first-order chi connectivity index (χ1) is 6.14. The Balaban J connectivity index is -0.000000653. The van der Waals surface area contributed by atoms with Gasteiger partial charge in [0.15, 0.2) is 0 Å². The fraction of sp³-hybridized carbons (Fsp3) is 0.636. The third-order valence-corrected chi connectivity index (χ3v) is 7.98. The van der Waals surface area contributed by atoms with Crippen LogP contribution in [0.2, 0.25) is 39.3 Å². The normalized spacial score (nSPS) is 15.6. The molecule has 1 aliphatic rings. The molecule has 1 rings (SSSR count). The molecule has 0 aromatic rings. The second-order valence-electron chi connectivity index (χ2n) is 6.14. The summed E-state index contributed by atoms with van der Waals surface area (Å²) in [6, 6.07) is 0. The van der Waals surface area contributed by atoms with Crippen molar-refractivity contribution >= 4 is 16.1 Å². The van der Waals surface area contributed by atoms with E-state index in [0.717, 1.165) is 0 Å². The second-order valence-corrected chi connectivity index (χ2v) is 17.0. The molecule has 0 bridgehead atoms. The molecule has 0 aliphatic heterocycles. The van der Waals surface area contributed by atoms with Crippen LogP contribution in [0.5, 0.6) is 0 Å². The van der Waals surface area contributed by atoms with Crippen molar-refractivity contribution in [3.8, 4) is 0 Å². The van der Waals surface area contributed by atoms with Gasteiger partial charge in [-0.2, -0.15) is 0 Å². The van der Waals surface area contributed by atoms with Gasteiger partial charge in [0.2, 0.25) is 0 Å². The Kier molecular flexibility index (Phi) is 10.8. The van der Waals surface area contributed by atoms with E-state index in [1.165, 1.54) is 6.42 Å². The van der Waals surface area contributed by atoms with Gasteiger partial charge in [0, 0.05) is 0 Å². The Morgan fingerprint density at radius 2 is 1.29 bits per heavy atom. The predicted molar refractivity (Wildman–Crippen MR) is 66.4 cm³/mol. The number of hydrogen-bond acceptors (Lipinski definition) is 0. The third-order valence-electron chi connectivity index (χ3n) is 2.62. The fourth-order valence-corrected chi connectivity index (χ4v) is 9.89. The van der Waals surface area contributed by atoms with Crippen LogP contribution in [0.15, 0.2) is 20.8 Å². The molecule has 0 amide bonds. The van der Waals surface area contributed by atoms with Crippen LogP contribution in [0.1, 0.15) is 6.42 Å². The monoisotopic (exact) mass is 365 g/mol. The van der Waals surface area contributed by atoms with Gasteiger partial charge in [0.25, 0.3) is 0 Å². The minimum atomic E-state index is -1.13. The minimum Gasteiger partial charge on any atom is -1.00 e. The van der Waals surface area contributed by atoms with Crippen molar-refractivity contribution < 1.29 is 54.6 Å². The number of hydrogen-bond donors (Lipinski definition) is 0. The summed E-state index contributed by atoms with van der Waals surface area (Å²) >= 11 is 2.81. The van der Waals surface area contributed by atoms with Gasteiger partial charge in [-0.25, -0.2) is 0 Å². The molecule has 99 valence electrons. The Bertz CT molecular complexity index is 312. The van der Waals surface area contributed by atoms with E-state index in [-0.39, 0.29) is 37.2 Å². The summed E-state index contributed by atoms with van der Waals surface area (Å²) in [5, 5.41) is 3.50. The van der Waals surface area contributed by atoms with Crippen molar-refractivity contribution in [2.45, 2.75) is 45.7 Å². The van der Waals surface area contributed by atoms with E-state index in [9.17, 15) is 0 Å². The number of halogens is 3. The van der Waals surface area contributed by atoms with Gasteiger partial charge in [-0.15, -0.1) is 0 Å². The summed E-state index contributed by atoms with van der Waals surface area (Å²) in [4.78, 5) is 0. The van der Waals surface area contributed by atoms with Crippen LogP contribution in [-0.2, 0) is 17.4 Å². The third kappa shape index (κ3) is 5.90. The standard InChI is InChI=1S/C11H21Si2.3ClH.V/c1-12(2,3)10-8-7-9-11(10)13(4,5)6;;;;/h8H,7H2,1-6H3;3*1H;/q;;;;+3/p-3. The van der Waals surface area contributed by atoms with Crippen LogP contribution >= 0.6 is 0 Å². The average molecular weight is 367 g/mol. The van der Waals surface area contributed by atoms with Crippen molar-refractivity contribution in [3.63, 3.8) is 0 Å². The summed E-state index contributed by atoms with van der Waals surface area (Å²) in [7, 11) is -2.24. The minimum absolute atomic E-state index is 0. The van der Waals surface area contributed by atoms with Crippen molar-refractivity contribution in [2.24, 2.45) is 0 Å². The van der Waals surface area contributed by atoms with E-state index in [1.54, 1.807) is 14.7 Å². The Hall–Kier alpha value is 1.37. The molecule has 0 unspecified atom stereocenters. The molecular weight excluding hydrogens is 346 g/mol. The van der Waals surface area contributed by atoms with E-state index < -0.39 is 16.1 Å². The van der Waals surface area contributed by atoms with Gasteiger partial charge < -0.3 is 37.2 Å². The van der Waals surface area contributed by atoms with E-state index in [2.05, 4.69) is 62.8 Å². The first-order valence-electron chi connectivity index (χ1n) is 5.27. The van der Waals surface area contributed by atoms with Crippen LogP contribution in [0.4, 0.5) is 0 Å². The van der Waals surface area contributed by atoms with Gasteiger partial charge in [-0.1, -0.05) is 0 Å². The molecule has 0 saturated heterocycles. The molecule has 0 radical (unpaired) electrons. The molecule has 0 fully saturated rings. The summed E-state index contributed by atoms with van der Waals surface area (Å²) in [5.41, 5.74) is 0. The number of allylic oxidation sites excluding steroid dienone is 4. The van der Waals surface area contributed by atoms with Crippen LogP contribution in [0.25, 0.3) is 0 Å². The molecule has 0 spiro atoms. The van der Waals surface area contributed by atoms with Gasteiger partial charge in [-0.05, 0) is 0 Å². The molecule has 0 atom stereocenters. The van der Waals surface area contributed by atoms with Crippen molar-refractivity contribution in [1.29, 1.82) is 0 Å². The Morgan fingerprint density at radius 3 is 1.53 bits per heavy atom. The maximum atomic E-state index is 2.81. The van der Waals surface area contributed by atoms with Crippen molar-refractivity contribution in [2.75, 3.05) is 0 Å². The molecule has 0 nitrogen and oxygen atoms in total. The zero-order valence-electron chi connectivity index (χ0n) is 11.4. The quantitative estimate of drug-likeness (QED) is 0.429. The largest absolute Gasteiger partial charge is 1.00 e. The van der Waals surface area contributed by atoms with Gasteiger partial charge in [-0.3, -0.25) is 0 Å². The van der Waals surface area contributed by atoms with Gasteiger partial charge in [0.05, 0.1) is 0 Å². The molecule has 0 N–H and O–H groups in total. The maximum absolute atomic E-state index is 2.81. The van der Waals surface area contributed by atoms with Crippen molar-refractivity contribution in [3.05, 3.63) is 20.8 Å². The summed E-state index contributed by atoms with van der Waals surface area (Å²) in [6.45, 7) is 14.8. The predicted octanol–water partition coefficient (Wildman–Crippen LogP) is -5.12. The molecule has 1 aliphatic carbocycles. The zero-order chi connectivity index (χ0) is 11.1. The van der Waals surface area contributed by atoms with E-state index >= 15 is 0 Å². The first kappa shape index (κ1) is 23.5. The molecule has 17 heavy (non-hydrogen) atoms. The topological polar surface area (TPSA) is 0 Å². The van der Waals surface area contributed by atoms with E-state index in [0.29, 0.717) is 0 Å². The Labute approximate surface area is 136 Å². The van der Waals surface area contributed by atoms with Gasteiger partial charge in [0.1, 0.15) is 0 Å². The van der Waals surface area contributed by atoms with E-state index in [4.69, 9.17) is 0 Å². The second kappa shape index (κ2) is 7.84. The molecular formula is C11H21Cl3Si2V. The average Bonchev–Trinajstić information content (AvgIpc) is 2.27. The maximum Gasteiger partial charge on any atom is -1.00 e. The van der Waals surface area contributed by atoms with Crippen LogP contribution < -0.4 is 37.2 Å². The molecule has 0 aromatic heterocycles. The van der Waals surface area contributed by atoms with Crippen LogP contribution in [0.3, 0.4) is 0 Å². The fourth-order valence-electron chi connectivity index (χ4n) is 2.08. The van der Waals surface area contributed by atoms with Crippen molar-refractivity contribution in [1.82, 2.24) is 0 Å². The molecule has 0 heterocycles. The number of rotatable bonds is 2. The summed E-state index contributed by atoms with van der Waals surface area (Å²) in [5.74, 6) is 0. The molecule has 0 aromatic carbocycles. The van der Waals surface area contributed by atoms with Crippen LogP contribution in [-0.4, -0.2) is 16.1 Å². The van der Waals surface area contributed by atoms with Gasteiger partial charge >= 0.3 is 100 Å². The molecule has 6 heteroatoms. The van der Waals surface area contributed by atoms with E-state index in [1.807, 2.05) is 0 Å². The first-order valence-corrected chi connectivity index (χ1v) is 13.0. The molecule has 0 saturated carbocycles. The smallest absolute Gasteiger partial charge is 1.00 e. The SMILES string of the molecule is C[Si](C)(C)C1=CC[C]([V+3])=C1[Si](C)(C)C.[Cl-].[Cl-].[Cl-].